The first-order valence-corrected chi connectivity index (χ1v) is 3.55. The number of hydrogen-bond acceptors (Lipinski definition) is 1. The van der Waals surface area contributed by atoms with Crippen LogP contribution >= 0.6 is 0 Å². The summed E-state index contributed by atoms with van der Waals surface area (Å²) in [7, 11) is 0. The van der Waals surface area contributed by atoms with Crippen LogP contribution in [0.1, 0.15) is 33.9 Å². The summed E-state index contributed by atoms with van der Waals surface area (Å²) >= 11 is 0. The van der Waals surface area contributed by atoms with Crippen LogP contribution in [0.2, 0.25) is 0 Å². The lowest BCUT2D eigenvalue weighted by molar-refractivity contribution is 0.407. The minimum absolute atomic E-state index is 0. The van der Waals surface area contributed by atoms with Crippen LogP contribution in [0, 0.1) is 5.41 Å². The molecule has 0 spiro atoms. The summed E-state index contributed by atoms with van der Waals surface area (Å²) in [6.45, 7) is 6.65. The molecule has 0 radical (unpaired) electrons. The van der Waals surface area contributed by atoms with Crippen molar-refractivity contribution in [1.82, 2.24) is 9.97 Å². The summed E-state index contributed by atoms with van der Waals surface area (Å²) < 4.78 is 0. The maximum absolute atomic E-state index is 3.95. The van der Waals surface area contributed by atoms with E-state index in [2.05, 4.69) is 30.7 Å². The third-order valence-electron chi connectivity index (χ3n) is 1.28. The van der Waals surface area contributed by atoms with Crippen LogP contribution in [0.15, 0.2) is 12.5 Å². The van der Waals surface area contributed by atoms with Gasteiger partial charge < -0.3 is 4.98 Å². The van der Waals surface area contributed by atoms with E-state index < -0.39 is 0 Å². The van der Waals surface area contributed by atoms with Gasteiger partial charge in [0, 0.05) is 11.9 Å². The molecular formula is C9H18N2. The number of aromatic nitrogens is 2. The lowest BCUT2D eigenvalue weighted by Gasteiger charge is -2.15. The van der Waals surface area contributed by atoms with Crippen molar-refractivity contribution in [2.45, 2.75) is 34.6 Å². The van der Waals surface area contributed by atoms with Gasteiger partial charge in [0.05, 0.1) is 6.33 Å². The third-order valence-corrected chi connectivity index (χ3v) is 1.28. The van der Waals surface area contributed by atoms with Crippen LogP contribution in [0.3, 0.4) is 0 Å². The molecule has 2 nitrogen and oxygen atoms in total. The first kappa shape index (κ1) is 10.2. The molecule has 0 aromatic carbocycles. The van der Waals surface area contributed by atoms with Gasteiger partial charge in [-0.05, 0) is 11.8 Å². The number of imidazole rings is 1. The van der Waals surface area contributed by atoms with Crippen molar-refractivity contribution in [3.8, 4) is 0 Å². The Morgan fingerprint density at radius 2 is 2.09 bits per heavy atom. The Morgan fingerprint density at radius 1 is 1.45 bits per heavy atom. The summed E-state index contributed by atoms with van der Waals surface area (Å²) in [5.74, 6) is 0. The van der Waals surface area contributed by atoms with Crippen LogP contribution in [-0.2, 0) is 6.42 Å². The second kappa shape index (κ2) is 3.56. The van der Waals surface area contributed by atoms with E-state index in [1.165, 1.54) is 5.69 Å². The highest BCUT2D eigenvalue weighted by Crippen LogP contribution is 2.18. The molecule has 0 unspecified atom stereocenters. The second-order valence-electron chi connectivity index (χ2n) is 3.81. The van der Waals surface area contributed by atoms with Crippen LogP contribution < -0.4 is 0 Å². The van der Waals surface area contributed by atoms with Crippen molar-refractivity contribution in [3.05, 3.63) is 18.2 Å². The third kappa shape index (κ3) is 3.81. The van der Waals surface area contributed by atoms with Gasteiger partial charge >= 0.3 is 0 Å². The normalized spacial score (nSPS) is 10.8. The molecule has 0 aliphatic carbocycles. The maximum Gasteiger partial charge on any atom is 0.0921 e. The molecule has 1 rings (SSSR count). The predicted octanol–water partition coefficient (Wildman–Crippen LogP) is 2.63. The monoisotopic (exact) mass is 154 g/mol. The molecule has 1 N–H and O–H groups in total. The van der Waals surface area contributed by atoms with Gasteiger partial charge in [0.15, 0.2) is 0 Å². The fourth-order valence-electron chi connectivity index (χ4n) is 0.953. The van der Waals surface area contributed by atoms with Crippen molar-refractivity contribution in [3.63, 3.8) is 0 Å². The number of rotatable bonds is 1. The zero-order valence-corrected chi connectivity index (χ0v) is 6.81. The molecule has 11 heavy (non-hydrogen) atoms. The molecular weight excluding hydrogens is 136 g/mol. The Hall–Kier alpha value is -0.790. The minimum atomic E-state index is 0. The van der Waals surface area contributed by atoms with E-state index in [-0.39, 0.29) is 7.43 Å². The van der Waals surface area contributed by atoms with Crippen molar-refractivity contribution >= 4 is 0 Å². The van der Waals surface area contributed by atoms with Gasteiger partial charge in [-0.1, -0.05) is 28.2 Å². The summed E-state index contributed by atoms with van der Waals surface area (Å²) in [4.78, 5) is 7.03. The van der Waals surface area contributed by atoms with Gasteiger partial charge in [-0.15, -0.1) is 0 Å². The molecule has 64 valence electrons. The van der Waals surface area contributed by atoms with Crippen LogP contribution in [0.5, 0.6) is 0 Å². The van der Waals surface area contributed by atoms with Crippen molar-refractivity contribution in [2.75, 3.05) is 0 Å². The highest BCUT2D eigenvalue weighted by Gasteiger charge is 2.11. The molecule has 0 aliphatic rings. The SMILES string of the molecule is C.CC(C)(C)Cc1cnc[nH]1. The Kier molecular flexibility index (Phi) is 3.30. The number of H-pyrrole nitrogens is 1. The summed E-state index contributed by atoms with van der Waals surface area (Å²) in [5.41, 5.74) is 1.57. The van der Waals surface area contributed by atoms with E-state index in [1.54, 1.807) is 6.33 Å². The van der Waals surface area contributed by atoms with E-state index >= 15 is 0 Å². The number of hydrogen-bond donors (Lipinski definition) is 1. The number of nitrogens with one attached hydrogen (secondary N) is 1. The standard InChI is InChI=1S/C8H14N2.CH4/c1-8(2,3)4-7-5-9-6-10-7;/h5-6H,4H2,1-3H3,(H,9,10);1H4. The predicted molar refractivity (Wildman–Crippen MR) is 48.5 cm³/mol. The molecule has 1 aromatic rings. The highest BCUT2D eigenvalue weighted by molar-refractivity contribution is 4.97. The molecule has 0 aliphatic heterocycles. The van der Waals surface area contributed by atoms with Gasteiger partial charge in [0.25, 0.3) is 0 Å². The first-order valence-electron chi connectivity index (χ1n) is 3.55. The first-order chi connectivity index (χ1) is 4.58. The zero-order valence-electron chi connectivity index (χ0n) is 6.81. The molecule has 2 heteroatoms. The lowest BCUT2D eigenvalue weighted by Crippen LogP contribution is -2.09. The quantitative estimate of drug-likeness (QED) is 0.662. The van der Waals surface area contributed by atoms with E-state index in [9.17, 15) is 0 Å². The van der Waals surface area contributed by atoms with Crippen LogP contribution in [0.4, 0.5) is 0 Å². The molecule has 0 fully saturated rings. The Bertz CT molecular complexity index is 182. The fourth-order valence-corrected chi connectivity index (χ4v) is 0.953. The molecule has 0 saturated carbocycles. The largest absolute Gasteiger partial charge is 0.348 e. The highest BCUT2D eigenvalue weighted by atomic mass is 14.9. The Balaban J connectivity index is 0.000001000. The summed E-state index contributed by atoms with van der Waals surface area (Å²) in [5, 5.41) is 0. The molecule has 0 bridgehead atoms. The zero-order chi connectivity index (χ0) is 7.61. The van der Waals surface area contributed by atoms with Gasteiger partial charge in [0.2, 0.25) is 0 Å². The van der Waals surface area contributed by atoms with Crippen molar-refractivity contribution in [2.24, 2.45) is 5.41 Å². The molecule has 1 aromatic heterocycles. The van der Waals surface area contributed by atoms with Crippen molar-refractivity contribution in [1.29, 1.82) is 0 Å². The summed E-state index contributed by atoms with van der Waals surface area (Å²) in [6.07, 6.45) is 4.67. The van der Waals surface area contributed by atoms with E-state index in [1.807, 2.05) is 6.20 Å². The average Bonchev–Trinajstić information content (AvgIpc) is 2.12. The van der Waals surface area contributed by atoms with Gasteiger partial charge in [0.1, 0.15) is 0 Å². The average molecular weight is 154 g/mol. The number of nitrogens with zero attached hydrogens (tertiary/aromatic N) is 1. The molecule has 0 atom stereocenters. The Labute approximate surface area is 69.1 Å². The van der Waals surface area contributed by atoms with E-state index in [0.717, 1.165) is 6.42 Å². The van der Waals surface area contributed by atoms with E-state index in [0.29, 0.717) is 5.41 Å². The van der Waals surface area contributed by atoms with Crippen LogP contribution in [0.25, 0.3) is 0 Å². The molecule has 0 saturated heterocycles. The maximum atomic E-state index is 3.95. The topological polar surface area (TPSA) is 28.7 Å². The van der Waals surface area contributed by atoms with Gasteiger partial charge in [-0.2, -0.15) is 0 Å². The lowest BCUT2D eigenvalue weighted by atomic mass is 9.91. The fraction of sp³-hybridized carbons (Fsp3) is 0.667. The number of aromatic amines is 1. The minimum Gasteiger partial charge on any atom is -0.348 e. The Morgan fingerprint density at radius 3 is 2.45 bits per heavy atom. The van der Waals surface area contributed by atoms with Gasteiger partial charge in [-0.25, -0.2) is 4.98 Å². The van der Waals surface area contributed by atoms with Crippen molar-refractivity contribution < 1.29 is 0 Å². The van der Waals surface area contributed by atoms with Gasteiger partial charge in [-0.3, -0.25) is 0 Å². The smallest absolute Gasteiger partial charge is 0.0921 e. The summed E-state index contributed by atoms with van der Waals surface area (Å²) in [6, 6.07) is 0. The molecule has 1 heterocycles. The van der Waals surface area contributed by atoms with Crippen LogP contribution in [-0.4, -0.2) is 9.97 Å². The molecule has 0 amide bonds. The van der Waals surface area contributed by atoms with E-state index in [4.69, 9.17) is 0 Å². The second-order valence-corrected chi connectivity index (χ2v) is 3.81.